The van der Waals surface area contributed by atoms with Crippen molar-refractivity contribution >= 4 is 22.7 Å². The van der Waals surface area contributed by atoms with E-state index in [4.69, 9.17) is 5.73 Å². The van der Waals surface area contributed by atoms with Gasteiger partial charge in [-0.1, -0.05) is 0 Å². The van der Waals surface area contributed by atoms with E-state index in [0.29, 0.717) is 42.7 Å². The van der Waals surface area contributed by atoms with E-state index >= 15 is 0 Å². The highest BCUT2D eigenvalue weighted by atomic mass is 19.1. The second-order valence-electron chi connectivity index (χ2n) is 7.17. The number of fused-ring (bicyclic) bond motifs is 1. The zero-order valence-electron chi connectivity index (χ0n) is 16.3. The third-order valence-corrected chi connectivity index (χ3v) is 5.57. The van der Waals surface area contributed by atoms with Gasteiger partial charge in [-0.3, -0.25) is 9.59 Å². The highest BCUT2D eigenvalue weighted by molar-refractivity contribution is 6.03. The van der Waals surface area contributed by atoms with Crippen LogP contribution in [0.5, 0.6) is 0 Å². The molecule has 146 valence electrons. The fourth-order valence-electron chi connectivity index (χ4n) is 4.11. The van der Waals surface area contributed by atoms with Crippen LogP contribution in [0, 0.1) is 12.7 Å². The average Bonchev–Trinajstić information content (AvgIpc) is 3.14. The summed E-state index contributed by atoms with van der Waals surface area (Å²) in [6.45, 7) is 7.18. The molecule has 0 bridgehead atoms. The van der Waals surface area contributed by atoms with Crippen LogP contribution in [0.4, 0.5) is 4.39 Å². The van der Waals surface area contributed by atoms with Crippen molar-refractivity contribution in [2.24, 2.45) is 12.8 Å². The van der Waals surface area contributed by atoms with Gasteiger partial charge in [0, 0.05) is 43.6 Å². The molecule has 2 heterocycles. The molecule has 2 aromatic rings. The fraction of sp³-hybridized carbons (Fsp3) is 0.500. The molecule has 0 radical (unpaired) electrons. The Bertz CT molecular complexity index is 888. The van der Waals surface area contributed by atoms with Crippen LogP contribution in [0.25, 0.3) is 10.9 Å². The summed E-state index contributed by atoms with van der Waals surface area (Å²) in [5.41, 5.74) is 8.08. The molecular weight excluding hydrogens is 347 g/mol. The van der Waals surface area contributed by atoms with Crippen LogP contribution in [0.1, 0.15) is 36.3 Å². The maximum Gasteiger partial charge on any atom is 0.271 e. The first-order valence-corrected chi connectivity index (χ1v) is 9.39. The number of likely N-dealkylation sites (N-methyl/N-ethyl adjacent to an activating group) is 1. The monoisotopic (exact) mass is 374 g/mol. The zero-order valence-corrected chi connectivity index (χ0v) is 16.3. The van der Waals surface area contributed by atoms with Crippen molar-refractivity contribution < 1.29 is 14.0 Å². The summed E-state index contributed by atoms with van der Waals surface area (Å²) in [5, 5.41) is 0.705. The first-order chi connectivity index (χ1) is 12.8. The van der Waals surface area contributed by atoms with Crippen molar-refractivity contribution in [3.8, 4) is 0 Å². The third-order valence-electron chi connectivity index (χ3n) is 5.57. The smallest absolute Gasteiger partial charge is 0.271 e. The Labute approximate surface area is 158 Å². The minimum absolute atomic E-state index is 0.0660. The Morgan fingerprint density at radius 2 is 1.96 bits per heavy atom. The summed E-state index contributed by atoms with van der Waals surface area (Å²) in [6.07, 6.45) is 0.457. The highest BCUT2D eigenvalue weighted by Crippen LogP contribution is 2.29. The number of carbonyl (C=O) groups is 2. The molecule has 27 heavy (non-hydrogen) atoms. The van der Waals surface area contributed by atoms with Crippen LogP contribution >= 0.6 is 0 Å². The summed E-state index contributed by atoms with van der Waals surface area (Å²) in [7, 11) is 1.79. The van der Waals surface area contributed by atoms with E-state index in [-0.39, 0.29) is 23.7 Å². The second-order valence-corrected chi connectivity index (χ2v) is 7.17. The number of aromatic nitrogens is 1. The molecule has 2 amide bonds. The van der Waals surface area contributed by atoms with Gasteiger partial charge in [0.15, 0.2) is 0 Å². The molecule has 0 spiro atoms. The van der Waals surface area contributed by atoms with Crippen LogP contribution < -0.4 is 5.73 Å². The van der Waals surface area contributed by atoms with E-state index < -0.39 is 6.04 Å². The van der Waals surface area contributed by atoms with Crippen molar-refractivity contribution in [2.75, 3.05) is 19.6 Å². The lowest BCUT2D eigenvalue weighted by Crippen LogP contribution is -2.48. The molecular formula is C20H27FN4O2. The van der Waals surface area contributed by atoms with Crippen molar-refractivity contribution in [3.05, 3.63) is 35.3 Å². The van der Waals surface area contributed by atoms with Crippen LogP contribution in [-0.4, -0.2) is 57.9 Å². The molecule has 2 atom stereocenters. The number of benzene rings is 1. The van der Waals surface area contributed by atoms with Gasteiger partial charge in [0.1, 0.15) is 17.6 Å². The topological polar surface area (TPSA) is 71.6 Å². The van der Waals surface area contributed by atoms with E-state index in [0.717, 1.165) is 5.52 Å². The number of rotatable bonds is 4. The Morgan fingerprint density at radius 1 is 1.30 bits per heavy atom. The number of amides is 2. The van der Waals surface area contributed by atoms with E-state index in [2.05, 4.69) is 0 Å². The predicted molar refractivity (Wildman–Crippen MR) is 103 cm³/mol. The van der Waals surface area contributed by atoms with Gasteiger partial charge in [0.05, 0.1) is 0 Å². The van der Waals surface area contributed by atoms with Gasteiger partial charge in [-0.05, 0) is 51.0 Å². The van der Waals surface area contributed by atoms with Gasteiger partial charge in [-0.25, -0.2) is 4.39 Å². The minimum Gasteiger partial charge on any atom is -0.341 e. The first kappa shape index (κ1) is 19.4. The van der Waals surface area contributed by atoms with E-state index in [1.165, 1.54) is 12.1 Å². The molecule has 6 nitrogen and oxygen atoms in total. The van der Waals surface area contributed by atoms with E-state index in [9.17, 15) is 14.0 Å². The number of carbonyl (C=O) groups excluding carboxylic acids is 2. The van der Waals surface area contributed by atoms with E-state index in [1.54, 1.807) is 27.5 Å². The molecule has 1 saturated heterocycles. The molecule has 1 aromatic carbocycles. The summed E-state index contributed by atoms with van der Waals surface area (Å²) in [4.78, 5) is 29.6. The first-order valence-electron chi connectivity index (χ1n) is 9.39. The summed E-state index contributed by atoms with van der Waals surface area (Å²) in [6, 6.07) is 3.71. The SMILES string of the molecule is CCN(CC)C(=O)[C@@H]1C[C@@H](N)CN1C(=O)c1c(C)c2cc(F)ccc2n1C. The van der Waals surface area contributed by atoms with Crippen LogP contribution in [0.15, 0.2) is 18.2 Å². The third kappa shape index (κ3) is 3.20. The summed E-state index contributed by atoms with van der Waals surface area (Å²) >= 11 is 0. The normalized spacial score (nSPS) is 19.7. The number of nitrogens with zero attached hydrogens (tertiary/aromatic N) is 3. The van der Waals surface area contributed by atoms with Crippen molar-refractivity contribution in [3.63, 3.8) is 0 Å². The lowest BCUT2D eigenvalue weighted by atomic mass is 10.1. The number of likely N-dealkylation sites (tertiary alicyclic amines) is 1. The van der Waals surface area contributed by atoms with E-state index in [1.807, 2.05) is 20.8 Å². The Morgan fingerprint density at radius 3 is 2.59 bits per heavy atom. The molecule has 3 rings (SSSR count). The molecule has 1 aromatic heterocycles. The Hall–Kier alpha value is -2.41. The van der Waals surface area contributed by atoms with Crippen LogP contribution in [0.2, 0.25) is 0 Å². The molecule has 1 aliphatic rings. The maximum atomic E-state index is 13.7. The number of hydrogen-bond donors (Lipinski definition) is 1. The molecule has 1 aliphatic heterocycles. The fourth-order valence-corrected chi connectivity index (χ4v) is 4.11. The molecule has 0 aliphatic carbocycles. The lowest BCUT2D eigenvalue weighted by molar-refractivity contribution is -0.134. The molecule has 2 N–H and O–H groups in total. The predicted octanol–water partition coefficient (Wildman–Crippen LogP) is 2.04. The summed E-state index contributed by atoms with van der Waals surface area (Å²) < 4.78 is 15.4. The Kier molecular flexibility index (Phi) is 5.24. The number of nitrogens with two attached hydrogens (primary N) is 1. The van der Waals surface area contributed by atoms with Crippen LogP contribution in [-0.2, 0) is 11.8 Å². The van der Waals surface area contributed by atoms with Gasteiger partial charge in [0.25, 0.3) is 5.91 Å². The number of aryl methyl sites for hydroxylation is 2. The molecule has 1 fully saturated rings. The molecule has 0 unspecified atom stereocenters. The Balaban J connectivity index is 2.01. The van der Waals surface area contributed by atoms with Crippen LogP contribution in [0.3, 0.4) is 0 Å². The lowest BCUT2D eigenvalue weighted by Gasteiger charge is -2.29. The highest BCUT2D eigenvalue weighted by Gasteiger charge is 2.41. The van der Waals surface area contributed by atoms with Gasteiger partial charge in [0.2, 0.25) is 5.91 Å². The summed E-state index contributed by atoms with van der Waals surface area (Å²) in [5.74, 6) is -0.637. The standard InChI is InChI=1S/C20H27FN4O2/c1-5-24(6-2)19(26)17-10-14(22)11-25(17)20(27)18-12(3)15-9-13(21)7-8-16(15)23(18)4/h7-9,14,17H,5-6,10-11,22H2,1-4H3/t14-,17+/m1/s1. The average molecular weight is 374 g/mol. The quantitative estimate of drug-likeness (QED) is 0.890. The second kappa shape index (κ2) is 7.31. The number of hydrogen-bond acceptors (Lipinski definition) is 3. The maximum absolute atomic E-state index is 13.7. The van der Waals surface area contributed by atoms with Gasteiger partial charge in [-0.15, -0.1) is 0 Å². The molecule has 0 saturated carbocycles. The van der Waals surface area contributed by atoms with Gasteiger partial charge in [-0.2, -0.15) is 0 Å². The minimum atomic E-state index is -0.554. The largest absolute Gasteiger partial charge is 0.341 e. The van der Waals surface area contributed by atoms with Crippen molar-refractivity contribution in [1.82, 2.24) is 14.4 Å². The van der Waals surface area contributed by atoms with Gasteiger partial charge < -0.3 is 20.1 Å². The van der Waals surface area contributed by atoms with Crippen molar-refractivity contribution in [2.45, 2.75) is 39.3 Å². The number of halogens is 1. The zero-order chi connectivity index (χ0) is 19.9. The van der Waals surface area contributed by atoms with Gasteiger partial charge >= 0.3 is 0 Å². The van der Waals surface area contributed by atoms with Crippen molar-refractivity contribution in [1.29, 1.82) is 0 Å². The molecule has 7 heteroatoms.